The molecule has 0 aliphatic heterocycles. The van der Waals surface area contributed by atoms with Crippen molar-refractivity contribution in [1.82, 2.24) is 0 Å². The van der Waals surface area contributed by atoms with E-state index in [9.17, 15) is 4.79 Å². The molecule has 0 aromatic heterocycles. The first-order chi connectivity index (χ1) is 5.71. The van der Waals surface area contributed by atoms with Gasteiger partial charge >= 0.3 is 0 Å². The lowest BCUT2D eigenvalue weighted by atomic mass is 9.70. The number of rotatable bonds is 0. The number of ketones is 1. The van der Waals surface area contributed by atoms with Crippen molar-refractivity contribution < 1.29 is 4.79 Å². The minimum absolute atomic E-state index is 0.00611. The van der Waals surface area contributed by atoms with Gasteiger partial charge in [0.25, 0.3) is 0 Å². The molecule has 2 saturated carbocycles. The molecule has 0 bridgehead atoms. The van der Waals surface area contributed by atoms with Crippen LogP contribution in [0.1, 0.15) is 44.9 Å². The molecule has 0 saturated heterocycles. The third-order valence-electron chi connectivity index (χ3n) is 3.42. The summed E-state index contributed by atoms with van der Waals surface area (Å²) in [6, 6.07) is 0. The largest absolute Gasteiger partial charge is 0.300 e. The second kappa shape index (κ2) is 3.02. The summed E-state index contributed by atoms with van der Waals surface area (Å²) in [7, 11) is 0. The van der Waals surface area contributed by atoms with Crippen LogP contribution in [0, 0.1) is 5.92 Å². The monoisotopic (exact) mass is 186 g/mol. The quantitative estimate of drug-likeness (QED) is 0.532. The summed E-state index contributed by atoms with van der Waals surface area (Å²) in [5, 5.41) is 0. The molecule has 0 amide bonds. The third kappa shape index (κ3) is 1.39. The van der Waals surface area contributed by atoms with Crippen LogP contribution in [-0.4, -0.2) is 10.7 Å². The van der Waals surface area contributed by atoms with Crippen molar-refractivity contribution in [3.63, 3.8) is 0 Å². The summed E-state index contributed by atoms with van der Waals surface area (Å²) in [6.07, 6.45) is 7.24. The Balaban J connectivity index is 2.11. The number of Topliss-reactive ketones (excluding diaryl/α,β-unsaturated/α-hetero) is 1. The van der Waals surface area contributed by atoms with E-state index in [0.717, 1.165) is 25.7 Å². The van der Waals surface area contributed by atoms with Crippen molar-refractivity contribution in [2.75, 3.05) is 0 Å². The van der Waals surface area contributed by atoms with E-state index in [0.29, 0.717) is 11.7 Å². The highest BCUT2D eigenvalue weighted by molar-refractivity contribution is 6.24. The van der Waals surface area contributed by atoms with Crippen molar-refractivity contribution >= 4 is 17.4 Å². The van der Waals surface area contributed by atoms with Gasteiger partial charge in [0, 0.05) is 17.7 Å². The predicted molar refractivity (Wildman–Crippen MR) is 49.4 cm³/mol. The molecule has 0 radical (unpaired) electrons. The molecule has 2 aliphatic carbocycles. The number of hydrogen-bond donors (Lipinski definition) is 0. The van der Waals surface area contributed by atoms with Gasteiger partial charge in [-0.25, -0.2) is 0 Å². The summed E-state index contributed by atoms with van der Waals surface area (Å²) in [5.41, 5.74) is 0. The van der Waals surface area contributed by atoms with Crippen LogP contribution >= 0.6 is 11.6 Å². The van der Waals surface area contributed by atoms with Crippen LogP contribution in [0.4, 0.5) is 0 Å². The van der Waals surface area contributed by atoms with Gasteiger partial charge < -0.3 is 0 Å². The molecule has 2 atom stereocenters. The predicted octanol–water partition coefficient (Wildman–Crippen LogP) is 2.91. The Morgan fingerprint density at radius 2 is 2.17 bits per heavy atom. The molecule has 0 heterocycles. The highest BCUT2D eigenvalue weighted by Crippen LogP contribution is 2.47. The molecule has 2 heteroatoms. The van der Waals surface area contributed by atoms with Crippen molar-refractivity contribution in [1.29, 1.82) is 0 Å². The number of carbonyl (C=O) groups excluding carboxylic acids is 1. The fourth-order valence-corrected chi connectivity index (χ4v) is 3.03. The van der Waals surface area contributed by atoms with Gasteiger partial charge in [-0.15, -0.1) is 11.6 Å². The molecule has 0 aromatic rings. The Morgan fingerprint density at radius 1 is 1.33 bits per heavy atom. The van der Waals surface area contributed by atoms with Gasteiger partial charge in [-0.2, -0.15) is 0 Å². The summed E-state index contributed by atoms with van der Waals surface area (Å²) in [6.45, 7) is 0. The van der Waals surface area contributed by atoms with Gasteiger partial charge in [-0.05, 0) is 25.2 Å². The normalized spacial score (nSPS) is 42.4. The van der Waals surface area contributed by atoms with E-state index in [-0.39, 0.29) is 4.87 Å². The van der Waals surface area contributed by atoms with Crippen LogP contribution in [-0.2, 0) is 4.79 Å². The zero-order valence-corrected chi connectivity index (χ0v) is 8.07. The first-order valence-electron chi connectivity index (χ1n) is 4.91. The third-order valence-corrected chi connectivity index (χ3v) is 4.11. The van der Waals surface area contributed by atoms with Crippen LogP contribution in [0.3, 0.4) is 0 Å². The summed E-state index contributed by atoms with van der Waals surface area (Å²) >= 11 is 6.49. The maximum absolute atomic E-state index is 11.2. The van der Waals surface area contributed by atoms with Gasteiger partial charge in [0.2, 0.25) is 0 Å². The van der Waals surface area contributed by atoms with Gasteiger partial charge in [-0.1, -0.05) is 12.8 Å². The molecular formula is C10H15ClO. The van der Waals surface area contributed by atoms with E-state index in [4.69, 9.17) is 11.6 Å². The van der Waals surface area contributed by atoms with Crippen LogP contribution in [0.5, 0.6) is 0 Å². The van der Waals surface area contributed by atoms with Crippen molar-refractivity contribution in [2.45, 2.75) is 49.8 Å². The first-order valence-corrected chi connectivity index (χ1v) is 5.29. The van der Waals surface area contributed by atoms with Gasteiger partial charge in [0.15, 0.2) is 0 Å². The highest BCUT2D eigenvalue weighted by Gasteiger charge is 2.42. The van der Waals surface area contributed by atoms with E-state index in [2.05, 4.69) is 0 Å². The number of halogens is 1. The Bertz CT molecular complexity index is 202. The van der Waals surface area contributed by atoms with Crippen molar-refractivity contribution in [3.05, 3.63) is 0 Å². The number of fused-ring (bicyclic) bond motifs is 1. The zero-order valence-electron chi connectivity index (χ0n) is 7.31. The van der Waals surface area contributed by atoms with Gasteiger partial charge in [0.05, 0.1) is 0 Å². The molecule has 2 unspecified atom stereocenters. The Hall–Kier alpha value is -0.0400. The SMILES string of the molecule is O=C1CCC2(Cl)CCCCC2C1. The molecule has 2 aliphatic rings. The summed E-state index contributed by atoms with van der Waals surface area (Å²) < 4.78 is 0. The van der Waals surface area contributed by atoms with E-state index in [1.165, 1.54) is 19.3 Å². The second-order valence-electron chi connectivity index (χ2n) is 4.22. The van der Waals surface area contributed by atoms with E-state index >= 15 is 0 Å². The van der Waals surface area contributed by atoms with Gasteiger partial charge in [0.1, 0.15) is 5.78 Å². The van der Waals surface area contributed by atoms with Crippen molar-refractivity contribution in [3.8, 4) is 0 Å². The van der Waals surface area contributed by atoms with Crippen molar-refractivity contribution in [2.24, 2.45) is 5.92 Å². The molecule has 2 rings (SSSR count). The smallest absolute Gasteiger partial charge is 0.133 e. The number of alkyl halides is 1. The summed E-state index contributed by atoms with van der Waals surface area (Å²) in [5.74, 6) is 0.923. The van der Waals surface area contributed by atoms with Crippen LogP contribution in [0.25, 0.3) is 0 Å². The fourth-order valence-electron chi connectivity index (χ4n) is 2.61. The molecule has 0 aromatic carbocycles. The number of carbonyl (C=O) groups is 1. The standard InChI is InChI=1S/C10H15ClO/c11-10-5-2-1-3-8(10)7-9(12)4-6-10/h8H,1-7H2. The Kier molecular flexibility index (Phi) is 2.16. The first kappa shape index (κ1) is 8.55. The minimum atomic E-state index is 0.00611. The fraction of sp³-hybridized carbons (Fsp3) is 0.900. The lowest BCUT2D eigenvalue weighted by Gasteiger charge is -2.42. The van der Waals surface area contributed by atoms with Crippen LogP contribution < -0.4 is 0 Å². The Labute approximate surface area is 78.5 Å². The number of hydrogen-bond acceptors (Lipinski definition) is 1. The molecule has 0 N–H and O–H groups in total. The van der Waals surface area contributed by atoms with E-state index in [1.807, 2.05) is 0 Å². The topological polar surface area (TPSA) is 17.1 Å². The minimum Gasteiger partial charge on any atom is -0.300 e. The molecule has 68 valence electrons. The maximum Gasteiger partial charge on any atom is 0.133 e. The lowest BCUT2D eigenvalue weighted by Crippen LogP contribution is -2.40. The lowest BCUT2D eigenvalue weighted by molar-refractivity contribution is -0.122. The zero-order chi connectivity index (χ0) is 8.60. The molecule has 2 fully saturated rings. The molecule has 0 spiro atoms. The van der Waals surface area contributed by atoms with Crippen LogP contribution in [0.15, 0.2) is 0 Å². The highest BCUT2D eigenvalue weighted by atomic mass is 35.5. The molecular weight excluding hydrogens is 172 g/mol. The van der Waals surface area contributed by atoms with E-state index in [1.54, 1.807) is 0 Å². The molecule has 1 nitrogen and oxygen atoms in total. The average molecular weight is 187 g/mol. The van der Waals surface area contributed by atoms with E-state index < -0.39 is 0 Å². The second-order valence-corrected chi connectivity index (χ2v) is 4.97. The van der Waals surface area contributed by atoms with Crippen LogP contribution in [0.2, 0.25) is 0 Å². The molecule has 12 heavy (non-hydrogen) atoms. The average Bonchev–Trinajstić information content (AvgIpc) is 2.06. The maximum atomic E-state index is 11.2. The summed E-state index contributed by atoms with van der Waals surface area (Å²) in [4.78, 5) is 11.2. The Morgan fingerprint density at radius 3 is 3.00 bits per heavy atom. The van der Waals surface area contributed by atoms with Gasteiger partial charge in [-0.3, -0.25) is 4.79 Å².